The van der Waals surface area contributed by atoms with Gasteiger partial charge in [-0.15, -0.1) is 11.3 Å². The van der Waals surface area contributed by atoms with Crippen molar-refractivity contribution in [2.24, 2.45) is 0 Å². The van der Waals surface area contributed by atoms with Crippen molar-refractivity contribution in [1.29, 1.82) is 0 Å². The Morgan fingerprint density at radius 2 is 1.94 bits per heavy atom. The summed E-state index contributed by atoms with van der Waals surface area (Å²) in [5, 5.41) is 2.63. The predicted octanol–water partition coefficient (Wildman–Crippen LogP) is 5.25. The maximum Gasteiger partial charge on any atom is 0.266 e. The van der Waals surface area contributed by atoms with E-state index in [-0.39, 0.29) is 27.0 Å². The second-order valence-electron chi connectivity index (χ2n) is 6.70. The number of thiophene rings is 1. The fraction of sp³-hybridized carbons (Fsp3) is 0.0952. The summed E-state index contributed by atoms with van der Waals surface area (Å²) in [6.45, 7) is 1.57. The monoisotopic (exact) mass is 507 g/mol. The van der Waals surface area contributed by atoms with Gasteiger partial charge in [-0.25, -0.2) is 18.2 Å². The molecule has 0 spiro atoms. The Hall–Kier alpha value is -2.98. The Kier molecular flexibility index (Phi) is 5.67. The van der Waals surface area contributed by atoms with Gasteiger partial charge in [0, 0.05) is 16.1 Å². The molecule has 0 saturated carbocycles. The maximum absolute atomic E-state index is 14.1. The minimum atomic E-state index is -0.940. The van der Waals surface area contributed by atoms with Crippen molar-refractivity contribution in [3.8, 4) is 0 Å². The van der Waals surface area contributed by atoms with Gasteiger partial charge in [-0.1, -0.05) is 18.2 Å². The van der Waals surface area contributed by atoms with Gasteiger partial charge in [0.25, 0.3) is 11.5 Å². The molecule has 1 amide bonds. The molecule has 158 valence electrons. The van der Waals surface area contributed by atoms with Crippen LogP contribution in [0.4, 0.5) is 18.9 Å². The number of hydrogen-bond acceptors (Lipinski definition) is 4. The number of hydrogen-bond donors (Lipinski definition) is 1. The van der Waals surface area contributed by atoms with E-state index in [4.69, 9.17) is 0 Å². The molecule has 2 aromatic heterocycles. The van der Waals surface area contributed by atoms with Crippen molar-refractivity contribution >= 4 is 49.1 Å². The number of halogens is 4. The third kappa shape index (κ3) is 4.00. The molecule has 2 heterocycles. The summed E-state index contributed by atoms with van der Waals surface area (Å²) in [5.74, 6) is -2.83. The van der Waals surface area contributed by atoms with E-state index in [2.05, 4.69) is 26.2 Å². The summed E-state index contributed by atoms with van der Waals surface area (Å²) in [6.07, 6.45) is 1.30. The van der Waals surface area contributed by atoms with Crippen LogP contribution in [-0.4, -0.2) is 15.5 Å². The third-order valence-electron chi connectivity index (χ3n) is 4.67. The van der Waals surface area contributed by atoms with E-state index in [0.29, 0.717) is 22.0 Å². The van der Waals surface area contributed by atoms with Gasteiger partial charge in [-0.05, 0) is 40.5 Å². The molecule has 0 bridgehead atoms. The summed E-state index contributed by atoms with van der Waals surface area (Å²) in [6, 6.07) is 7.78. The third-order valence-corrected chi connectivity index (χ3v) is 6.49. The fourth-order valence-corrected chi connectivity index (χ4v) is 4.67. The summed E-state index contributed by atoms with van der Waals surface area (Å²) in [5.41, 5.74) is 0.0631. The van der Waals surface area contributed by atoms with Crippen LogP contribution in [0.2, 0.25) is 0 Å². The molecule has 0 unspecified atom stereocenters. The number of nitrogens with zero attached hydrogens (tertiary/aromatic N) is 2. The number of aromatic nitrogens is 2. The highest BCUT2D eigenvalue weighted by atomic mass is 79.9. The molecule has 2 aromatic carbocycles. The van der Waals surface area contributed by atoms with Crippen LogP contribution in [0, 0.1) is 24.4 Å². The van der Waals surface area contributed by atoms with E-state index in [0.717, 1.165) is 17.4 Å². The molecule has 0 radical (unpaired) electrons. The van der Waals surface area contributed by atoms with Gasteiger partial charge in [0.05, 0.1) is 28.8 Å². The molecule has 0 aliphatic rings. The van der Waals surface area contributed by atoms with Crippen molar-refractivity contribution in [3.63, 3.8) is 0 Å². The van der Waals surface area contributed by atoms with Gasteiger partial charge in [-0.2, -0.15) is 0 Å². The van der Waals surface area contributed by atoms with Gasteiger partial charge >= 0.3 is 0 Å². The zero-order chi connectivity index (χ0) is 22.3. The van der Waals surface area contributed by atoms with Crippen molar-refractivity contribution in [1.82, 2.24) is 9.55 Å². The fourth-order valence-electron chi connectivity index (χ4n) is 3.13. The van der Waals surface area contributed by atoms with E-state index < -0.39 is 28.9 Å². The highest BCUT2D eigenvalue weighted by molar-refractivity contribution is 9.10. The van der Waals surface area contributed by atoms with Crippen molar-refractivity contribution in [2.75, 3.05) is 5.32 Å². The molecule has 0 aliphatic heterocycles. The lowest BCUT2D eigenvalue weighted by Crippen LogP contribution is -2.21. The van der Waals surface area contributed by atoms with Crippen molar-refractivity contribution < 1.29 is 18.0 Å². The number of anilines is 1. The SMILES string of the molecule is Cc1c(C(=O)Nc2c(F)cc(F)cc2Br)sc2ncn(Cc3ccccc3F)c(=O)c12. The standard InChI is InChI=1S/C21H13BrF3N3O2S/c1-10-16-20(26-9-28(21(16)30)8-11-4-2-3-5-14(11)24)31-18(10)19(29)27-17-13(22)6-12(23)7-15(17)25/h2-7,9H,8H2,1H3,(H,27,29). The molecule has 0 aliphatic carbocycles. The molecule has 4 rings (SSSR count). The van der Waals surface area contributed by atoms with E-state index in [1.807, 2.05) is 0 Å². The largest absolute Gasteiger partial charge is 0.318 e. The van der Waals surface area contributed by atoms with Gasteiger partial charge in [-0.3, -0.25) is 14.2 Å². The number of rotatable bonds is 4. The molecule has 0 fully saturated rings. The Labute approximate surface area is 186 Å². The average molecular weight is 508 g/mol. The quantitative estimate of drug-likeness (QED) is 0.410. The van der Waals surface area contributed by atoms with Gasteiger partial charge in [0.1, 0.15) is 16.5 Å². The maximum atomic E-state index is 14.1. The van der Waals surface area contributed by atoms with Crippen molar-refractivity contribution in [3.05, 3.63) is 91.0 Å². The van der Waals surface area contributed by atoms with E-state index >= 15 is 0 Å². The number of carbonyl (C=O) groups excluding carboxylic acids is 1. The summed E-state index contributed by atoms with van der Waals surface area (Å²) in [7, 11) is 0. The Morgan fingerprint density at radius 1 is 1.19 bits per heavy atom. The first-order valence-electron chi connectivity index (χ1n) is 8.94. The van der Waals surface area contributed by atoms with Crippen LogP contribution >= 0.6 is 27.3 Å². The topological polar surface area (TPSA) is 64.0 Å². The molecular weight excluding hydrogens is 495 g/mol. The smallest absolute Gasteiger partial charge is 0.266 e. The number of fused-ring (bicyclic) bond motifs is 1. The lowest BCUT2D eigenvalue weighted by atomic mass is 10.2. The number of nitrogens with one attached hydrogen (secondary N) is 1. The van der Waals surface area contributed by atoms with E-state index in [1.165, 1.54) is 17.0 Å². The second-order valence-corrected chi connectivity index (χ2v) is 8.56. The number of carbonyl (C=O) groups is 1. The van der Waals surface area contributed by atoms with Gasteiger partial charge < -0.3 is 5.32 Å². The lowest BCUT2D eigenvalue weighted by Gasteiger charge is -2.08. The number of aryl methyl sites for hydroxylation is 1. The first-order valence-corrected chi connectivity index (χ1v) is 10.5. The van der Waals surface area contributed by atoms with Crippen LogP contribution in [-0.2, 0) is 6.54 Å². The van der Waals surface area contributed by atoms with Gasteiger partial charge in [0.2, 0.25) is 0 Å². The Bertz CT molecular complexity index is 1380. The summed E-state index contributed by atoms with van der Waals surface area (Å²) in [4.78, 5) is 30.5. The average Bonchev–Trinajstić information content (AvgIpc) is 3.05. The second kappa shape index (κ2) is 8.27. The van der Waals surface area contributed by atoms with Crippen LogP contribution in [0.5, 0.6) is 0 Å². The summed E-state index contributed by atoms with van der Waals surface area (Å²) < 4.78 is 42.6. The number of amides is 1. The predicted molar refractivity (Wildman–Crippen MR) is 116 cm³/mol. The van der Waals surface area contributed by atoms with Crippen LogP contribution < -0.4 is 10.9 Å². The molecule has 1 N–H and O–H groups in total. The minimum absolute atomic E-state index is 0.0149. The lowest BCUT2D eigenvalue weighted by molar-refractivity contribution is 0.102. The van der Waals surface area contributed by atoms with Crippen LogP contribution in [0.3, 0.4) is 0 Å². The van der Waals surface area contributed by atoms with Crippen LogP contribution in [0.25, 0.3) is 10.2 Å². The Balaban J connectivity index is 1.71. The molecule has 5 nitrogen and oxygen atoms in total. The molecule has 0 saturated heterocycles. The Morgan fingerprint density at radius 3 is 2.65 bits per heavy atom. The minimum Gasteiger partial charge on any atom is -0.318 e. The van der Waals surface area contributed by atoms with E-state index in [1.54, 1.807) is 25.1 Å². The highest BCUT2D eigenvalue weighted by Gasteiger charge is 2.22. The molecule has 4 aromatic rings. The molecule has 10 heteroatoms. The van der Waals surface area contributed by atoms with E-state index in [9.17, 15) is 22.8 Å². The number of benzene rings is 2. The van der Waals surface area contributed by atoms with Crippen LogP contribution in [0.15, 0.2) is 52.0 Å². The molecule has 0 atom stereocenters. The van der Waals surface area contributed by atoms with Crippen LogP contribution in [0.1, 0.15) is 20.8 Å². The first kappa shape index (κ1) is 21.3. The highest BCUT2D eigenvalue weighted by Crippen LogP contribution is 2.31. The molecule has 31 heavy (non-hydrogen) atoms. The van der Waals surface area contributed by atoms with Crippen molar-refractivity contribution in [2.45, 2.75) is 13.5 Å². The summed E-state index contributed by atoms with van der Waals surface area (Å²) >= 11 is 4.00. The zero-order valence-corrected chi connectivity index (χ0v) is 18.3. The molecular formula is C21H13BrF3N3O2S. The zero-order valence-electron chi connectivity index (χ0n) is 15.9. The normalized spacial score (nSPS) is 11.1. The first-order chi connectivity index (χ1) is 14.8. The van der Waals surface area contributed by atoms with Gasteiger partial charge in [0.15, 0.2) is 5.82 Å².